The number of methoxy groups -OCH3 is 2. The molecule has 5 nitrogen and oxygen atoms in total. The molecule has 0 spiro atoms. The second kappa shape index (κ2) is 8.49. The number of rotatable bonds is 6. The number of amides is 1. The Kier molecular flexibility index (Phi) is 6.08. The predicted octanol–water partition coefficient (Wildman–Crippen LogP) is 3.68. The Morgan fingerprint density at radius 2 is 1.96 bits per heavy atom. The minimum absolute atomic E-state index is 0.197. The van der Waals surface area contributed by atoms with Gasteiger partial charge in [0.25, 0.3) is 5.91 Å². The number of nitrogens with zero attached hydrogens (tertiary/aromatic N) is 2. The van der Waals surface area contributed by atoms with Gasteiger partial charge in [-0.3, -0.25) is 4.79 Å². The van der Waals surface area contributed by atoms with Gasteiger partial charge in [0.15, 0.2) is 4.80 Å². The highest BCUT2D eigenvalue weighted by Gasteiger charge is 2.09. The second-order valence-electron chi connectivity index (χ2n) is 5.67. The van der Waals surface area contributed by atoms with Gasteiger partial charge in [-0.2, -0.15) is 4.99 Å². The zero-order valence-corrected chi connectivity index (χ0v) is 16.1. The minimum atomic E-state index is -0.197. The third-order valence-corrected chi connectivity index (χ3v) is 5.19. The molecule has 0 saturated heterocycles. The van der Waals surface area contributed by atoms with E-state index in [1.807, 2.05) is 34.9 Å². The van der Waals surface area contributed by atoms with E-state index in [0.717, 1.165) is 21.5 Å². The Balaban J connectivity index is 1.96. The molecular weight excluding hydrogens is 372 g/mol. The number of hydrogen-bond acceptors (Lipinski definition) is 4. The molecule has 3 rings (SSSR count). The molecule has 0 bridgehead atoms. The van der Waals surface area contributed by atoms with Crippen LogP contribution in [-0.2, 0) is 22.5 Å². The molecule has 1 heterocycles. The number of carbonyl (C=O) groups excluding carboxylic acids is 1. The highest BCUT2D eigenvalue weighted by atomic mass is 35.5. The third kappa shape index (κ3) is 4.33. The first-order valence-electron chi connectivity index (χ1n) is 8.09. The molecule has 0 fully saturated rings. The van der Waals surface area contributed by atoms with Gasteiger partial charge in [-0.05, 0) is 35.9 Å². The quantitative estimate of drug-likeness (QED) is 0.645. The maximum absolute atomic E-state index is 12.4. The fraction of sp³-hybridized carbons (Fsp3) is 0.263. The van der Waals surface area contributed by atoms with Crippen LogP contribution in [0.25, 0.3) is 10.2 Å². The maximum atomic E-state index is 12.4. The fourth-order valence-corrected chi connectivity index (χ4v) is 3.82. The first-order chi connectivity index (χ1) is 12.6. The standard InChI is InChI=1S/C19H19ClN2O3S/c1-24-10-9-22-16-8-7-15(25-2)12-17(16)26-19(22)21-18(23)11-13-3-5-14(20)6-4-13/h3-8,12H,9-11H2,1-2H3. The van der Waals surface area contributed by atoms with Crippen LogP contribution in [0.2, 0.25) is 5.02 Å². The molecule has 0 aliphatic heterocycles. The van der Waals surface area contributed by atoms with E-state index in [4.69, 9.17) is 21.1 Å². The molecule has 0 radical (unpaired) electrons. The van der Waals surface area contributed by atoms with E-state index in [1.54, 1.807) is 26.4 Å². The van der Waals surface area contributed by atoms with Gasteiger partial charge in [-0.15, -0.1) is 0 Å². The van der Waals surface area contributed by atoms with Crippen LogP contribution in [0.4, 0.5) is 0 Å². The fourth-order valence-electron chi connectivity index (χ4n) is 2.59. The zero-order valence-electron chi connectivity index (χ0n) is 14.6. The van der Waals surface area contributed by atoms with E-state index < -0.39 is 0 Å². The lowest BCUT2D eigenvalue weighted by Crippen LogP contribution is -2.19. The number of fused-ring (bicyclic) bond motifs is 1. The Morgan fingerprint density at radius 1 is 1.19 bits per heavy atom. The largest absolute Gasteiger partial charge is 0.497 e. The van der Waals surface area contributed by atoms with Crippen LogP contribution in [-0.4, -0.2) is 31.3 Å². The van der Waals surface area contributed by atoms with E-state index in [2.05, 4.69) is 4.99 Å². The first kappa shape index (κ1) is 18.6. The van der Waals surface area contributed by atoms with Gasteiger partial charge in [0, 0.05) is 18.7 Å². The molecular formula is C19H19ClN2O3S. The van der Waals surface area contributed by atoms with Crippen LogP contribution >= 0.6 is 22.9 Å². The summed E-state index contributed by atoms with van der Waals surface area (Å²) in [7, 11) is 3.29. The normalized spacial score (nSPS) is 11.9. The van der Waals surface area contributed by atoms with Gasteiger partial charge in [0.2, 0.25) is 0 Å². The minimum Gasteiger partial charge on any atom is -0.497 e. The topological polar surface area (TPSA) is 52.8 Å². The lowest BCUT2D eigenvalue weighted by Gasteiger charge is -2.05. The number of carbonyl (C=O) groups is 1. The van der Waals surface area contributed by atoms with Crippen molar-refractivity contribution in [2.75, 3.05) is 20.8 Å². The lowest BCUT2D eigenvalue weighted by atomic mass is 10.1. The van der Waals surface area contributed by atoms with Crippen molar-refractivity contribution in [2.24, 2.45) is 4.99 Å². The van der Waals surface area contributed by atoms with Crippen molar-refractivity contribution in [2.45, 2.75) is 13.0 Å². The van der Waals surface area contributed by atoms with Gasteiger partial charge in [-0.25, -0.2) is 0 Å². The Bertz CT molecular complexity index is 977. The lowest BCUT2D eigenvalue weighted by molar-refractivity contribution is -0.117. The van der Waals surface area contributed by atoms with Crippen molar-refractivity contribution in [3.05, 3.63) is 57.9 Å². The van der Waals surface area contributed by atoms with Crippen molar-refractivity contribution in [3.8, 4) is 5.75 Å². The molecule has 0 saturated carbocycles. The Hall–Kier alpha value is -2.15. The summed E-state index contributed by atoms with van der Waals surface area (Å²) in [5.74, 6) is 0.577. The van der Waals surface area contributed by atoms with Crippen LogP contribution in [0.1, 0.15) is 5.56 Å². The van der Waals surface area contributed by atoms with Crippen LogP contribution in [0.3, 0.4) is 0 Å². The highest BCUT2D eigenvalue weighted by molar-refractivity contribution is 7.16. The molecule has 0 aliphatic carbocycles. The van der Waals surface area contributed by atoms with Gasteiger partial charge in [0.05, 0.1) is 30.4 Å². The van der Waals surface area contributed by atoms with Crippen molar-refractivity contribution in [1.29, 1.82) is 0 Å². The van der Waals surface area contributed by atoms with Crippen molar-refractivity contribution in [3.63, 3.8) is 0 Å². The molecule has 0 unspecified atom stereocenters. The monoisotopic (exact) mass is 390 g/mol. The second-order valence-corrected chi connectivity index (χ2v) is 7.12. The number of ether oxygens (including phenoxy) is 2. The van der Waals surface area contributed by atoms with Gasteiger partial charge in [-0.1, -0.05) is 35.1 Å². The van der Waals surface area contributed by atoms with Crippen molar-refractivity contribution < 1.29 is 14.3 Å². The summed E-state index contributed by atoms with van der Waals surface area (Å²) in [5, 5.41) is 0.647. The summed E-state index contributed by atoms with van der Waals surface area (Å²) in [6, 6.07) is 13.0. The molecule has 1 amide bonds. The van der Waals surface area contributed by atoms with E-state index in [-0.39, 0.29) is 12.3 Å². The number of hydrogen-bond donors (Lipinski definition) is 0. The average molecular weight is 391 g/mol. The molecule has 3 aromatic rings. The van der Waals surface area contributed by atoms with E-state index in [9.17, 15) is 4.79 Å². The summed E-state index contributed by atoms with van der Waals surface area (Å²) in [6.07, 6.45) is 0.235. The molecule has 136 valence electrons. The summed E-state index contributed by atoms with van der Waals surface area (Å²) < 4.78 is 13.5. The number of thiazole rings is 1. The number of halogens is 1. The van der Waals surface area contributed by atoms with Gasteiger partial charge >= 0.3 is 0 Å². The summed E-state index contributed by atoms with van der Waals surface area (Å²) in [6.45, 7) is 1.16. The van der Waals surface area contributed by atoms with E-state index >= 15 is 0 Å². The van der Waals surface area contributed by atoms with Gasteiger partial charge in [0.1, 0.15) is 5.75 Å². The Morgan fingerprint density at radius 3 is 2.65 bits per heavy atom. The molecule has 7 heteroatoms. The smallest absolute Gasteiger partial charge is 0.252 e. The number of aromatic nitrogens is 1. The van der Waals surface area contributed by atoms with E-state index in [0.29, 0.717) is 23.0 Å². The van der Waals surface area contributed by atoms with Crippen molar-refractivity contribution in [1.82, 2.24) is 4.57 Å². The highest BCUT2D eigenvalue weighted by Crippen LogP contribution is 2.23. The van der Waals surface area contributed by atoms with Crippen LogP contribution in [0.5, 0.6) is 5.75 Å². The maximum Gasteiger partial charge on any atom is 0.252 e. The molecule has 26 heavy (non-hydrogen) atoms. The molecule has 0 aliphatic rings. The summed E-state index contributed by atoms with van der Waals surface area (Å²) >= 11 is 7.35. The van der Waals surface area contributed by atoms with Crippen LogP contribution < -0.4 is 9.54 Å². The van der Waals surface area contributed by atoms with Gasteiger partial charge < -0.3 is 14.0 Å². The first-order valence-corrected chi connectivity index (χ1v) is 9.28. The Labute approximate surface area is 160 Å². The average Bonchev–Trinajstić information content (AvgIpc) is 2.97. The van der Waals surface area contributed by atoms with E-state index in [1.165, 1.54) is 11.3 Å². The SMILES string of the molecule is COCCn1c(=NC(=O)Cc2ccc(Cl)cc2)sc2cc(OC)ccc21. The molecule has 0 N–H and O–H groups in total. The third-order valence-electron chi connectivity index (χ3n) is 3.90. The summed E-state index contributed by atoms with van der Waals surface area (Å²) in [5.41, 5.74) is 1.89. The molecule has 0 atom stereocenters. The number of benzene rings is 2. The molecule has 2 aromatic carbocycles. The molecule has 1 aromatic heterocycles. The predicted molar refractivity (Wildman–Crippen MR) is 104 cm³/mol. The summed E-state index contributed by atoms with van der Waals surface area (Å²) in [4.78, 5) is 17.4. The van der Waals surface area contributed by atoms with Crippen LogP contribution in [0, 0.1) is 0 Å². The van der Waals surface area contributed by atoms with Crippen molar-refractivity contribution >= 4 is 39.1 Å². The zero-order chi connectivity index (χ0) is 18.5. The van der Waals surface area contributed by atoms with Crippen LogP contribution in [0.15, 0.2) is 47.5 Å².